The van der Waals surface area contributed by atoms with Gasteiger partial charge in [0.25, 0.3) is 5.91 Å². The Labute approximate surface area is 180 Å². The molecule has 2 aromatic carbocycles. The molecule has 2 amide bonds. The molecule has 0 radical (unpaired) electrons. The Morgan fingerprint density at radius 2 is 1.87 bits per heavy atom. The van der Waals surface area contributed by atoms with Gasteiger partial charge in [0.05, 0.1) is 28.7 Å². The number of alkyl halides is 3. The normalized spacial score (nSPS) is 20.0. The van der Waals surface area contributed by atoms with Gasteiger partial charge in [-0.2, -0.15) is 13.2 Å². The van der Waals surface area contributed by atoms with Crippen molar-refractivity contribution < 1.29 is 22.8 Å². The number of hydrogen-bond acceptors (Lipinski definition) is 3. The molecule has 2 aliphatic heterocycles. The molecular formula is C22H17ClF3N3O2. The first kappa shape index (κ1) is 20.1. The lowest BCUT2D eigenvalue weighted by molar-refractivity contribution is -0.137. The fourth-order valence-electron chi connectivity index (χ4n) is 4.52. The zero-order valence-corrected chi connectivity index (χ0v) is 16.9. The van der Waals surface area contributed by atoms with E-state index in [9.17, 15) is 22.8 Å². The van der Waals surface area contributed by atoms with Gasteiger partial charge < -0.3 is 4.98 Å². The SMILES string of the molecule is O=C1CC(N2CCc3c([nH]c4ccccc34)C2)C(=O)N1c1ccc(Cl)c(C(F)(F)F)c1. The topological polar surface area (TPSA) is 56.4 Å². The Morgan fingerprint density at radius 1 is 1.10 bits per heavy atom. The molecule has 0 aliphatic carbocycles. The van der Waals surface area contributed by atoms with Crippen LogP contribution in [-0.4, -0.2) is 34.3 Å². The van der Waals surface area contributed by atoms with Crippen LogP contribution in [0.5, 0.6) is 0 Å². The Kier molecular flexibility index (Phi) is 4.60. The monoisotopic (exact) mass is 447 g/mol. The number of para-hydroxylation sites is 1. The van der Waals surface area contributed by atoms with Crippen molar-refractivity contribution in [3.05, 3.63) is 64.3 Å². The second kappa shape index (κ2) is 7.10. The standard InChI is InChI=1S/C22H17ClF3N3O2/c23-16-6-5-12(9-15(16)22(24,25)26)29-20(30)10-19(21(29)31)28-8-7-14-13-3-1-2-4-17(13)27-18(14)11-28/h1-6,9,19,27H,7-8,10-11H2. The van der Waals surface area contributed by atoms with Gasteiger partial charge in [0, 0.05) is 29.7 Å². The summed E-state index contributed by atoms with van der Waals surface area (Å²) in [6.07, 6.45) is -4.04. The summed E-state index contributed by atoms with van der Waals surface area (Å²) < 4.78 is 39.7. The molecule has 9 heteroatoms. The number of amides is 2. The molecule has 2 aliphatic rings. The molecule has 1 saturated heterocycles. The van der Waals surface area contributed by atoms with E-state index in [1.807, 2.05) is 29.2 Å². The summed E-state index contributed by atoms with van der Waals surface area (Å²) in [5.41, 5.74) is 2.03. The number of imide groups is 1. The van der Waals surface area contributed by atoms with Gasteiger partial charge in [-0.1, -0.05) is 29.8 Å². The van der Waals surface area contributed by atoms with Crippen LogP contribution in [-0.2, 0) is 28.7 Å². The molecule has 5 nitrogen and oxygen atoms in total. The quantitative estimate of drug-likeness (QED) is 0.587. The summed E-state index contributed by atoms with van der Waals surface area (Å²) in [6.45, 7) is 1.05. The average Bonchev–Trinajstić information content (AvgIpc) is 3.24. The first-order valence-electron chi connectivity index (χ1n) is 9.80. The maximum atomic E-state index is 13.2. The maximum Gasteiger partial charge on any atom is 0.417 e. The van der Waals surface area contributed by atoms with Crippen LogP contribution in [0.25, 0.3) is 10.9 Å². The lowest BCUT2D eigenvalue weighted by atomic mass is 10.0. The van der Waals surface area contributed by atoms with Crippen LogP contribution < -0.4 is 4.90 Å². The molecule has 160 valence electrons. The van der Waals surface area contributed by atoms with Crippen LogP contribution in [0, 0.1) is 0 Å². The number of aromatic amines is 1. The Balaban J connectivity index is 1.42. The fraction of sp³-hybridized carbons (Fsp3) is 0.273. The van der Waals surface area contributed by atoms with E-state index in [0.717, 1.165) is 40.1 Å². The minimum absolute atomic E-state index is 0.0711. The number of carbonyl (C=O) groups excluding carboxylic acids is 2. The smallest absolute Gasteiger partial charge is 0.357 e. The van der Waals surface area contributed by atoms with Crippen LogP contribution in [0.3, 0.4) is 0 Å². The molecule has 0 bridgehead atoms. The molecule has 5 rings (SSSR count). The third-order valence-electron chi connectivity index (χ3n) is 5.99. The predicted octanol–water partition coefficient (Wildman–Crippen LogP) is 4.53. The molecule has 1 N–H and O–H groups in total. The van der Waals surface area contributed by atoms with E-state index in [0.29, 0.717) is 13.1 Å². The molecule has 0 spiro atoms. The number of H-pyrrole nitrogens is 1. The summed E-state index contributed by atoms with van der Waals surface area (Å²) in [5.74, 6) is -1.03. The maximum absolute atomic E-state index is 13.2. The number of rotatable bonds is 2. The second-order valence-corrected chi connectivity index (χ2v) is 8.20. The van der Waals surface area contributed by atoms with E-state index < -0.39 is 34.6 Å². The van der Waals surface area contributed by atoms with Gasteiger partial charge >= 0.3 is 6.18 Å². The van der Waals surface area contributed by atoms with E-state index in [1.54, 1.807) is 0 Å². The largest absolute Gasteiger partial charge is 0.417 e. The van der Waals surface area contributed by atoms with E-state index in [1.165, 1.54) is 11.6 Å². The van der Waals surface area contributed by atoms with Crippen LogP contribution >= 0.6 is 11.6 Å². The Morgan fingerprint density at radius 3 is 2.65 bits per heavy atom. The first-order chi connectivity index (χ1) is 14.7. The minimum Gasteiger partial charge on any atom is -0.357 e. The van der Waals surface area contributed by atoms with Crippen LogP contribution in [0.1, 0.15) is 23.2 Å². The van der Waals surface area contributed by atoms with Gasteiger partial charge in [-0.25, -0.2) is 4.90 Å². The summed E-state index contributed by atoms with van der Waals surface area (Å²) in [4.78, 5) is 31.8. The average molecular weight is 448 g/mol. The van der Waals surface area contributed by atoms with Gasteiger partial charge in [0.15, 0.2) is 0 Å². The van der Waals surface area contributed by atoms with Crippen molar-refractivity contribution in [3.63, 3.8) is 0 Å². The molecule has 3 aromatic rings. The zero-order valence-electron chi connectivity index (χ0n) is 16.2. The number of fused-ring (bicyclic) bond motifs is 3. The number of carbonyl (C=O) groups is 2. The summed E-state index contributed by atoms with van der Waals surface area (Å²) >= 11 is 5.67. The van der Waals surface area contributed by atoms with Crippen molar-refractivity contribution in [3.8, 4) is 0 Å². The summed E-state index contributed by atoms with van der Waals surface area (Å²) in [7, 11) is 0. The van der Waals surface area contributed by atoms with Crippen molar-refractivity contribution >= 4 is 40.0 Å². The fourth-order valence-corrected chi connectivity index (χ4v) is 4.75. The highest BCUT2D eigenvalue weighted by Crippen LogP contribution is 2.38. The number of nitrogens with zero attached hydrogens (tertiary/aromatic N) is 2. The highest BCUT2D eigenvalue weighted by Gasteiger charge is 2.44. The van der Waals surface area contributed by atoms with Gasteiger partial charge in [-0.3, -0.25) is 14.5 Å². The highest BCUT2D eigenvalue weighted by molar-refractivity contribution is 6.31. The Bertz CT molecular complexity index is 1220. The molecule has 1 fully saturated rings. The molecular weight excluding hydrogens is 431 g/mol. The third-order valence-corrected chi connectivity index (χ3v) is 6.32. The summed E-state index contributed by atoms with van der Waals surface area (Å²) in [5, 5.41) is 0.669. The number of nitrogens with one attached hydrogen (secondary N) is 1. The molecule has 1 aromatic heterocycles. The van der Waals surface area contributed by atoms with E-state index in [4.69, 9.17) is 11.6 Å². The van der Waals surface area contributed by atoms with E-state index >= 15 is 0 Å². The minimum atomic E-state index is -4.68. The van der Waals surface area contributed by atoms with Crippen molar-refractivity contribution in [1.82, 2.24) is 9.88 Å². The molecule has 1 unspecified atom stereocenters. The van der Waals surface area contributed by atoms with Crippen LogP contribution in [0.4, 0.5) is 18.9 Å². The third kappa shape index (κ3) is 3.30. The summed E-state index contributed by atoms with van der Waals surface area (Å²) in [6, 6.07) is 10.3. The Hall–Kier alpha value is -2.84. The number of hydrogen-bond donors (Lipinski definition) is 1. The number of anilines is 1. The molecule has 0 saturated carbocycles. The number of halogens is 4. The highest BCUT2D eigenvalue weighted by atomic mass is 35.5. The van der Waals surface area contributed by atoms with Crippen molar-refractivity contribution in [1.29, 1.82) is 0 Å². The van der Waals surface area contributed by atoms with Gasteiger partial charge in [0.2, 0.25) is 5.91 Å². The molecule has 3 heterocycles. The first-order valence-corrected chi connectivity index (χ1v) is 10.2. The van der Waals surface area contributed by atoms with Crippen molar-refractivity contribution in [2.75, 3.05) is 11.4 Å². The van der Waals surface area contributed by atoms with E-state index in [2.05, 4.69) is 4.98 Å². The van der Waals surface area contributed by atoms with Crippen LogP contribution in [0.2, 0.25) is 5.02 Å². The predicted molar refractivity (Wildman–Crippen MR) is 110 cm³/mol. The lowest BCUT2D eigenvalue weighted by Gasteiger charge is -2.30. The van der Waals surface area contributed by atoms with Gasteiger partial charge in [-0.05, 0) is 36.2 Å². The molecule has 31 heavy (non-hydrogen) atoms. The number of benzene rings is 2. The van der Waals surface area contributed by atoms with Crippen LogP contribution in [0.15, 0.2) is 42.5 Å². The second-order valence-electron chi connectivity index (χ2n) is 7.80. The van der Waals surface area contributed by atoms with Crippen molar-refractivity contribution in [2.24, 2.45) is 0 Å². The van der Waals surface area contributed by atoms with Crippen molar-refractivity contribution in [2.45, 2.75) is 31.6 Å². The zero-order chi connectivity index (χ0) is 21.9. The van der Waals surface area contributed by atoms with Gasteiger partial charge in [0.1, 0.15) is 0 Å². The van der Waals surface area contributed by atoms with Gasteiger partial charge in [-0.15, -0.1) is 0 Å². The van der Waals surface area contributed by atoms with E-state index in [-0.39, 0.29) is 12.1 Å². The number of aromatic nitrogens is 1. The lowest BCUT2D eigenvalue weighted by Crippen LogP contribution is -2.44. The molecule has 1 atom stereocenters.